The van der Waals surface area contributed by atoms with Crippen molar-refractivity contribution < 1.29 is 0 Å². The highest BCUT2D eigenvalue weighted by atomic mass is 35.5. The number of nitrogens with zero attached hydrogens (tertiary/aromatic N) is 2. The van der Waals surface area contributed by atoms with Crippen molar-refractivity contribution in [3.05, 3.63) is 11.9 Å². The number of hydrogen-bond donors (Lipinski definition) is 0. The second kappa shape index (κ2) is 9.74. The van der Waals surface area contributed by atoms with E-state index in [1.807, 2.05) is 25.0 Å². The van der Waals surface area contributed by atoms with Crippen molar-refractivity contribution in [1.29, 1.82) is 0 Å². The SMILES string of the molecule is CCCCCCCCCSc1ncc(CCl)n1C. The molecule has 104 valence electrons. The van der Waals surface area contributed by atoms with Gasteiger partial charge in [0.1, 0.15) is 0 Å². The van der Waals surface area contributed by atoms with Crippen LogP contribution < -0.4 is 0 Å². The Bertz CT molecular complexity index is 326. The minimum absolute atomic E-state index is 0.543. The third-order valence-electron chi connectivity index (χ3n) is 3.16. The van der Waals surface area contributed by atoms with Crippen LogP contribution in [0.15, 0.2) is 11.4 Å². The number of imidazole rings is 1. The summed E-state index contributed by atoms with van der Waals surface area (Å²) in [7, 11) is 2.04. The number of aromatic nitrogens is 2. The summed E-state index contributed by atoms with van der Waals surface area (Å²) < 4.78 is 2.10. The Labute approximate surface area is 121 Å². The fourth-order valence-corrected chi connectivity index (χ4v) is 3.12. The van der Waals surface area contributed by atoms with Gasteiger partial charge >= 0.3 is 0 Å². The van der Waals surface area contributed by atoms with E-state index in [-0.39, 0.29) is 0 Å². The van der Waals surface area contributed by atoms with E-state index in [1.165, 1.54) is 50.7 Å². The molecule has 4 heteroatoms. The summed E-state index contributed by atoms with van der Waals surface area (Å²) >= 11 is 7.66. The molecule has 0 radical (unpaired) electrons. The molecular weight excluding hydrogens is 264 g/mol. The van der Waals surface area contributed by atoms with Crippen LogP contribution in [-0.2, 0) is 12.9 Å². The van der Waals surface area contributed by atoms with Crippen LogP contribution in [0.5, 0.6) is 0 Å². The Kier molecular flexibility index (Phi) is 8.60. The Morgan fingerprint density at radius 3 is 2.44 bits per heavy atom. The molecule has 0 fully saturated rings. The highest BCUT2D eigenvalue weighted by molar-refractivity contribution is 7.99. The third kappa shape index (κ3) is 5.66. The van der Waals surface area contributed by atoms with E-state index < -0.39 is 0 Å². The average molecular weight is 289 g/mol. The summed E-state index contributed by atoms with van der Waals surface area (Å²) in [6, 6.07) is 0. The molecule has 0 spiro atoms. The Morgan fingerprint density at radius 2 is 1.83 bits per heavy atom. The molecule has 0 aromatic carbocycles. The number of halogens is 1. The molecular formula is C14H25ClN2S. The monoisotopic (exact) mass is 288 g/mol. The summed E-state index contributed by atoms with van der Waals surface area (Å²) in [4.78, 5) is 4.39. The van der Waals surface area contributed by atoms with E-state index in [2.05, 4.69) is 16.5 Å². The number of hydrogen-bond acceptors (Lipinski definition) is 2. The van der Waals surface area contributed by atoms with Crippen molar-refractivity contribution in [2.24, 2.45) is 7.05 Å². The second-order valence-corrected chi connectivity index (χ2v) is 6.02. The number of thioether (sulfide) groups is 1. The molecule has 0 amide bonds. The molecule has 0 unspecified atom stereocenters. The zero-order chi connectivity index (χ0) is 13.2. The fraction of sp³-hybridized carbons (Fsp3) is 0.786. The molecule has 0 bridgehead atoms. The molecule has 1 rings (SSSR count). The molecule has 0 saturated carbocycles. The lowest BCUT2D eigenvalue weighted by molar-refractivity contribution is 0.603. The number of unbranched alkanes of at least 4 members (excludes halogenated alkanes) is 6. The first-order chi connectivity index (χ1) is 8.79. The first-order valence-corrected chi connectivity index (χ1v) is 8.51. The van der Waals surface area contributed by atoms with Crippen LogP contribution in [0.25, 0.3) is 0 Å². The van der Waals surface area contributed by atoms with Crippen molar-refractivity contribution in [3.63, 3.8) is 0 Å². The van der Waals surface area contributed by atoms with Gasteiger partial charge in [-0.25, -0.2) is 4.98 Å². The van der Waals surface area contributed by atoms with Gasteiger partial charge in [-0.15, -0.1) is 11.6 Å². The molecule has 18 heavy (non-hydrogen) atoms. The van der Waals surface area contributed by atoms with Gasteiger partial charge in [-0.1, -0.05) is 57.2 Å². The second-order valence-electron chi connectivity index (χ2n) is 4.69. The van der Waals surface area contributed by atoms with Crippen LogP contribution in [0.3, 0.4) is 0 Å². The van der Waals surface area contributed by atoms with Crippen molar-refractivity contribution in [2.75, 3.05) is 5.75 Å². The van der Waals surface area contributed by atoms with E-state index in [4.69, 9.17) is 11.6 Å². The summed E-state index contributed by atoms with van der Waals surface area (Å²) in [6.45, 7) is 2.26. The topological polar surface area (TPSA) is 17.8 Å². The van der Waals surface area contributed by atoms with Crippen molar-refractivity contribution in [3.8, 4) is 0 Å². The standard InChI is InChI=1S/C14H25ClN2S/c1-3-4-5-6-7-8-9-10-18-14-16-12-13(11-15)17(14)2/h12H,3-11H2,1-2H3. The maximum atomic E-state index is 5.82. The van der Waals surface area contributed by atoms with E-state index in [0.29, 0.717) is 5.88 Å². The third-order valence-corrected chi connectivity index (χ3v) is 4.56. The molecule has 0 aliphatic heterocycles. The van der Waals surface area contributed by atoms with Crippen molar-refractivity contribution in [1.82, 2.24) is 9.55 Å². The molecule has 0 N–H and O–H groups in total. The molecule has 2 nitrogen and oxygen atoms in total. The minimum Gasteiger partial charge on any atom is -0.325 e. The van der Waals surface area contributed by atoms with Crippen LogP contribution in [0, 0.1) is 0 Å². The molecule has 1 heterocycles. The highest BCUT2D eigenvalue weighted by Crippen LogP contribution is 2.20. The molecule has 0 aliphatic rings. The normalized spacial score (nSPS) is 11.1. The van der Waals surface area contributed by atoms with Crippen LogP contribution in [0.2, 0.25) is 0 Å². The summed E-state index contributed by atoms with van der Waals surface area (Å²) in [5, 5.41) is 1.09. The first kappa shape index (κ1) is 15.9. The zero-order valence-corrected chi connectivity index (χ0v) is 13.2. The number of alkyl halides is 1. The van der Waals surface area contributed by atoms with Crippen molar-refractivity contribution >= 4 is 23.4 Å². The summed E-state index contributed by atoms with van der Waals surface area (Å²) in [5.41, 5.74) is 1.10. The maximum absolute atomic E-state index is 5.82. The predicted molar refractivity (Wildman–Crippen MR) is 81.5 cm³/mol. The fourth-order valence-electron chi connectivity index (χ4n) is 1.91. The van der Waals surface area contributed by atoms with Gasteiger partial charge in [0.05, 0.1) is 17.8 Å². The minimum atomic E-state index is 0.543. The average Bonchev–Trinajstić information content (AvgIpc) is 2.73. The highest BCUT2D eigenvalue weighted by Gasteiger charge is 2.05. The molecule has 0 aliphatic carbocycles. The lowest BCUT2D eigenvalue weighted by Gasteiger charge is -2.04. The molecule has 0 atom stereocenters. The van der Waals surface area contributed by atoms with Crippen LogP contribution in [0.1, 0.15) is 57.6 Å². The van der Waals surface area contributed by atoms with Gasteiger partial charge in [0.25, 0.3) is 0 Å². The van der Waals surface area contributed by atoms with Gasteiger partial charge in [0.15, 0.2) is 5.16 Å². The van der Waals surface area contributed by atoms with Crippen LogP contribution in [0.4, 0.5) is 0 Å². The van der Waals surface area contributed by atoms with E-state index in [9.17, 15) is 0 Å². The van der Waals surface area contributed by atoms with Gasteiger partial charge in [-0.3, -0.25) is 0 Å². The van der Waals surface area contributed by atoms with E-state index >= 15 is 0 Å². The first-order valence-electron chi connectivity index (χ1n) is 6.99. The Hall–Kier alpha value is -0.150. The predicted octanol–water partition coefficient (Wildman–Crippen LogP) is 5.00. The van der Waals surface area contributed by atoms with Gasteiger partial charge in [0.2, 0.25) is 0 Å². The molecule has 0 saturated heterocycles. The lowest BCUT2D eigenvalue weighted by atomic mass is 10.1. The summed E-state index contributed by atoms with van der Waals surface area (Å²) in [5.74, 6) is 1.71. The van der Waals surface area contributed by atoms with Gasteiger partial charge in [-0.2, -0.15) is 0 Å². The lowest BCUT2D eigenvalue weighted by Crippen LogP contribution is -1.96. The largest absolute Gasteiger partial charge is 0.325 e. The Balaban J connectivity index is 2.05. The smallest absolute Gasteiger partial charge is 0.167 e. The van der Waals surface area contributed by atoms with Gasteiger partial charge < -0.3 is 4.57 Å². The molecule has 1 aromatic heterocycles. The molecule has 1 aromatic rings. The van der Waals surface area contributed by atoms with E-state index in [1.54, 1.807) is 0 Å². The van der Waals surface area contributed by atoms with Crippen LogP contribution >= 0.6 is 23.4 Å². The van der Waals surface area contributed by atoms with Gasteiger partial charge in [-0.05, 0) is 6.42 Å². The quantitative estimate of drug-likeness (QED) is 0.342. The van der Waals surface area contributed by atoms with Crippen molar-refractivity contribution in [2.45, 2.75) is 62.9 Å². The Morgan fingerprint density at radius 1 is 1.17 bits per heavy atom. The summed E-state index contributed by atoms with van der Waals surface area (Å²) in [6.07, 6.45) is 11.4. The van der Waals surface area contributed by atoms with Crippen LogP contribution in [-0.4, -0.2) is 15.3 Å². The van der Waals surface area contributed by atoms with E-state index in [0.717, 1.165) is 10.9 Å². The number of rotatable bonds is 10. The van der Waals surface area contributed by atoms with Gasteiger partial charge in [0, 0.05) is 12.8 Å². The zero-order valence-electron chi connectivity index (χ0n) is 11.6. The maximum Gasteiger partial charge on any atom is 0.167 e.